The van der Waals surface area contributed by atoms with Crippen molar-refractivity contribution in [1.29, 1.82) is 0 Å². The van der Waals surface area contributed by atoms with Crippen LogP contribution in [0.3, 0.4) is 0 Å². The molecule has 0 unspecified atom stereocenters. The predicted molar refractivity (Wildman–Crippen MR) is 74.5 cm³/mol. The second-order valence-corrected chi connectivity index (χ2v) is 5.50. The monoisotopic (exact) mass is 311 g/mol. The number of H-pyrrole nitrogens is 1. The molecule has 0 saturated carbocycles. The summed E-state index contributed by atoms with van der Waals surface area (Å²) in [4.78, 5) is 14.3. The minimum atomic E-state index is -4.41. The average Bonchev–Trinajstić information content (AvgIpc) is 2.82. The van der Waals surface area contributed by atoms with Crippen molar-refractivity contribution in [1.82, 2.24) is 4.98 Å². The van der Waals surface area contributed by atoms with E-state index < -0.39 is 17.3 Å². The van der Waals surface area contributed by atoms with Crippen molar-refractivity contribution in [3.63, 3.8) is 0 Å². The highest BCUT2D eigenvalue weighted by Gasteiger charge is 2.30. The van der Waals surface area contributed by atoms with Crippen LogP contribution in [0.5, 0.6) is 5.75 Å². The summed E-state index contributed by atoms with van der Waals surface area (Å²) >= 11 is 1.12. The number of benzene rings is 1. The lowest BCUT2D eigenvalue weighted by Crippen LogP contribution is -2.04. The SMILES string of the molecule is O=c1cc(O)c2sc(-c3cccc(C(F)(F)F)c3)cc2[nH]1. The summed E-state index contributed by atoms with van der Waals surface area (Å²) in [5, 5.41) is 9.71. The van der Waals surface area contributed by atoms with Crippen molar-refractivity contribution in [2.75, 3.05) is 0 Å². The highest BCUT2D eigenvalue weighted by Crippen LogP contribution is 2.38. The fourth-order valence-electron chi connectivity index (χ4n) is 2.02. The summed E-state index contributed by atoms with van der Waals surface area (Å²) in [5.41, 5.74) is -0.424. The summed E-state index contributed by atoms with van der Waals surface area (Å²) in [6.45, 7) is 0. The summed E-state index contributed by atoms with van der Waals surface area (Å²) in [6, 6.07) is 7.50. The lowest BCUT2D eigenvalue weighted by atomic mass is 10.1. The van der Waals surface area contributed by atoms with Crippen molar-refractivity contribution < 1.29 is 18.3 Å². The third kappa shape index (κ3) is 2.52. The van der Waals surface area contributed by atoms with Gasteiger partial charge in [-0.2, -0.15) is 13.2 Å². The number of hydrogen-bond donors (Lipinski definition) is 2. The van der Waals surface area contributed by atoms with Crippen molar-refractivity contribution in [2.24, 2.45) is 0 Å². The summed E-state index contributed by atoms with van der Waals surface area (Å²) < 4.78 is 38.6. The van der Waals surface area contributed by atoms with E-state index in [1.807, 2.05) is 0 Å². The molecule has 21 heavy (non-hydrogen) atoms. The Kier molecular flexibility index (Phi) is 3.02. The van der Waals surface area contributed by atoms with E-state index in [-0.39, 0.29) is 5.75 Å². The predicted octanol–water partition coefficient (Wildman–Crippen LogP) is 3.98. The summed E-state index contributed by atoms with van der Waals surface area (Å²) in [5.74, 6) is -0.183. The smallest absolute Gasteiger partial charge is 0.416 e. The van der Waals surface area contributed by atoms with Gasteiger partial charge in [0.15, 0.2) is 0 Å². The van der Waals surface area contributed by atoms with E-state index in [2.05, 4.69) is 4.98 Å². The quantitative estimate of drug-likeness (QED) is 0.714. The van der Waals surface area contributed by atoms with Crippen LogP contribution in [0.2, 0.25) is 0 Å². The Labute approximate surface area is 120 Å². The lowest BCUT2D eigenvalue weighted by molar-refractivity contribution is -0.137. The molecule has 2 heterocycles. The van der Waals surface area contributed by atoms with Gasteiger partial charge in [0, 0.05) is 10.9 Å². The van der Waals surface area contributed by atoms with Crippen molar-refractivity contribution in [3.8, 4) is 16.2 Å². The maximum absolute atomic E-state index is 12.7. The Morgan fingerprint density at radius 2 is 1.90 bits per heavy atom. The van der Waals surface area contributed by atoms with Crippen LogP contribution in [0, 0.1) is 0 Å². The number of alkyl halides is 3. The van der Waals surface area contributed by atoms with Crippen molar-refractivity contribution >= 4 is 21.6 Å². The third-order valence-corrected chi connectivity index (χ3v) is 4.17. The number of pyridine rings is 1. The van der Waals surface area contributed by atoms with Crippen LogP contribution in [0.15, 0.2) is 41.2 Å². The first-order valence-electron chi connectivity index (χ1n) is 5.88. The molecular weight excluding hydrogens is 303 g/mol. The standard InChI is InChI=1S/C14H8F3NO2S/c15-14(16,17)8-3-1-2-7(4-8)11-5-9-13(21-11)10(19)6-12(20)18-9/h1-6H,(H2,18,19,20). The number of rotatable bonds is 1. The zero-order chi connectivity index (χ0) is 15.2. The Hall–Kier alpha value is -2.28. The second kappa shape index (κ2) is 4.63. The molecular formula is C14H8F3NO2S. The molecule has 0 amide bonds. The summed E-state index contributed by atoms with van der Waals surface area (Å²) in [6.07, 6.45) is -4.41. The number of halogens is 3. The maximum atomic E-state index is 12.7. The molecule has 2 aromatic heterocycles. The van der Waals surface area contributed by atoms with E-state index >= 15 is 0 Å². The Morgan fingerprint density at radius 3 is 2.62 bits per heavy atom. The van der Waals surface area contributed by atoms with Crippen LogP contribution < -0.4 is 5.56 Å². The van der Waals surface area contributed by atoms with Gasteiger partial charge in [-0.15, -0.1) is 11.3 Å². The molecule has 0 spiro atoms. The first-order chi connectivity index (χ1) is 9.84. The zero-order valence-electron chi connectivity index (χ0n) is 10.4. The molecule has 3 nitrogen and oxygen atoms in total. The maximum Gasteiger partial charge on any atom is 0.416 e. The van der Waals surface area contributed by atoms with E-state index in [1.54, 1.807) is 12.1 Å². The van der Waals surface area contributed by atoms with Gasteiger partial charge in [-0.1, -0.05) is 12.1 Å². The summed E-state index contributed by atoms with van der Waals surface area (Å²) in [7, 11) is 0. The van der Waals surface area contributed by atoms with E-state index in [0.717, 1.165) is 29.5 Å². The molecule has 0 atom stereocenters. The van der Waals surface area contributed by atoms with Crippen LogP contribution in [0.4, 0.5) is 13.2 Å². The molecule has 0 fully saturated rings. The molecule has 2 N–H and O–H groups in total. The topological polar surface area (TPSA) is 53.1 Å². The molecule has 7 heteroatoms. The molecule has 0 saturated heterocycles. The van der Waals surface area contributed by atoms with Gasteiger partial charge in [0.2, 0.25) is 0 Å². The minimum absolute atomic E-state index is 0.183. The first-order valence-corrected chi connectivity index (χ1v) is 6.70. The number of fused-ring (bicyclic) bond motifs is 1. The van der Waals surface area contributed by atoms with E-state index in [4.69, 9.17) is 0 Å². The number of thiophene rings is 1. The molecule has 0 aliphatic heterocycles. The fraction of sp³-hybridized carbons (Fsp3) is 0.0714. The molecule has 1 aromatic carbocycles. The van der Waals surface area contributed by atoms with Gasteiger partial charge in [0.25, 0.3) is 5.56 Å². The highest BCUT2D eigenvalue weighted by molar-refractivity contribution is 7.22. The highest BCUT2D eigenvalue weighted by atomic mass is 32.1. The number of hydrogen-bond acceptors (Lipinski definition) is 3. The van der Waals surface area contributed by atoms with Gasteiger partial charge >= 0.3 is 6.18 Å². The van der Waals surface area contributed by atoms with Gasteiger partial charge in [-0.25, -0.2) is 0 Å². The van der Waals surface area contributed by atoms with E-state index in [9.17, 15) is 23.1 Å². The normalized spacial score (nSPS) is 12.0. The van der Waals surface area contributed by atoms with Gasteiger partial charge in [0.05, 0.1) is 15.8 Å². The zero-order valence-corrected chi connectivity index (χ0v) is 11.2. The minimum Gasteiger partial charge on any atom is -0.506 e. The van der Waals surface area contributed by atoms with Gasteiger partial charge in [-0.3, -0.25) is 4.79 Å². The lowest BCUT2D eigenvalue weighted by Gasteiger charge is -2.07. The van der Waals surface area contributed by atoms with E-state index in [0.29, 0.717) is 20.7 Å². The third-order valence-electron chi connectivity index (χ3n) is 2.96. The van der Waals surface area contributed by atoms with Crippen LogP contribution in [0.25, 0.3) is 20.7 Å². The van der Waals surface area contributed by atoms with Gasteiger partial charge in [-0.05, 0) is 23.8 Å². The van der Waals surface area contributed by atoms with Gasteiger partial charge in [0.1, 0.15) is 5.75 Å². The van der Waals surface area contributed by atoms with Crippen LogP contribution >= 0.6 is 11.3 Å². The number of aromatic amines is 1. The molecule has 108 valence electrons. The average molecular weight is 311 g/mol. The van der Waals surface area contributed by atoms with Crippen molar-refractivity contribution in [3.05, 3.63) is 52.3 Å². The fourth-order valence-corrected chi connectivity index (χ4v) is 3.05. The second-order valence-electron chi connectivity index (χ2n) is 4.45. The molecule has 0 bridgehead atoms. The molecule has 3 rings (SSSR count). The molecule has 0 aliphatic carbocycles. The Balaban J connectivity index is 2.17. The van der Waals surface area contributed by atoms with E-state index in [1.165, 1.54) is 6.07 Å². The number of aromatic hydroxyl groups is 1. The van der Waals surface area contributed by atoms with Crippen molar-refractivity contribution in [2.45, 2.75) is 6.18 Å². The van der Waals surface area contributed by atoms with Crippen LogP contribution in [-0.2, 0) is 6.18 Å². The van der Waals surface area contributed by atoms with Crippen LogP contribution in [0.1, 0.15) is 5.56 Å². The Morgan fingerprint density at radius 1 is 1.14 bits per heavy atom. The molecule has 3 aromatic rings. The number of aromatic nitrogens is 1. The molecule has 0 aliphatic rings. The first kappa shape index (κ1) is 13.7. The largest absolute Gasteiger partial charge is 0.506 e. The van der Waals surface area contributed by atoms with Crippen LogP contribution in [-0.4, -0.2) is 10.1 Å². The van der Waals surface area contributed by atoms with Gasteiger partial charge < -0.3 is 10.1 Å². The number of nitrogens with one attached hydrogen (secondary N) is 1. The Bertz CT molecular complexity index is 880. The molecule has 0 radical (unpaired) electrons.